The predicted octanol–water partition coefficient (Wildman–Crippen LogP) is 4.56. The minimum atomic E-state index is 0.00262. The third-order valence-electron chi connectivity index (χ3n) is 3.63. The quantitative estimate of drug-likeness (QED) is 0.570. The first-order valence-corrected chi connectivity index (χ1v) is 5.98. The molecule has 2 nitrogen and oxygen atoms in total. The average molecular weight is 196 g/mol. The van der Waals surface area contributed by atoms with Gasteiger partial charge in [0, 0.05) is 0 Å². The molecule has 1 aliphatic rings. The summed E-state index contributed by atoms with van der Waals surface area (Å²) in [4.78, 5) is 0. The number of nitrogens with zero attached hydrogens (tertiary/aromatic N) is 2. The van der Waals surface area contributed by atoms with Crippen LogP contribution in [0.25, 0.3) is 0 Å². The van der Waals surface area contributed by atoms with E-state index in [9.17, 15) is 0 Å². The lowest BCUT2D eigenvalue weighted by Gasteiger charge is -2.28. The van der Waals surface area contributed by atoms with Crippen LogP contribution in [0.5, 0.6) is 0 Å². The topological polar surface area (TPSA) is 24.7 Å². The monoisotopic (exact) mass is 196 g/mol. The summed E-state index contributed by atoms with van der Waals surface area (Å²) in [7, 11) is 0. The highest BCUT2D eigenvalue weighted by molar-refractivity contribution is 4.90. The van der Waals surface area contributed by atoms with Gasteiger partial charge in [0.25, 0.3) is 0 Å². The summed E-state index contributed by atoms with van der Waals surface area (Å²) in [6, 6.07) is 0. The van der Waals surface area contributed by atoms with E-state index >= 15 is 0 Å². The Morgan fingerprint density at radius 3 is 2.21 bits per heavy atom. The molecular weight excluding hydrogens is 172 g/mol. The van der Waals surface area contributed by atoms with Gasteiger partial charge in [-0.05, 0) is 31.6 Å². The summed E-state index contributed by atoms with van der Waals surface area (Å²) in [6.07, 6.45) is 7.71. The fraction of sp³-hybridized carbons (Fsp3) is 1.00. The zero-order chi connectivity index (χ0) is 10.7. The molecule has 0 aromatic heterocycles. The molecule has 14 heavy (non-hydrogen) atoms. The Labute approximate surface area is 88.2 Å². The fourth-order valence-electron chi connectivity index (χ4n) is 1.81. The van der Waals surface area contributed by atoms with Crippen LogP contribution in [0.15, 0.2) is 10.2 Å². The Kier molecular flexibility index (Phi) is 3.68. The smallest absolute Gasteiger partial charge is 0.159 e. The first-order valence-electron chi connectivity index (χ1n) is 5.98. The first kappa shape index (κ1) is 11.7. The van der Waals surface area contributed by atoms with Crippen LogP contribution in [0.4, 0.5) is 0 Å². The van der Waals surface area contributed by atoms with Crippen molar-refractivity contribution >= 4 is 0 Å². The Hall–Kier alpha value is -0.400. The van der Waals surface area contributed by atoms with Gasteiger partial charge in [0.05, 0.1) is 0 Å². The van der Waals surface area contributed by atoms with E-state index in [1.165, 1.54) is 32.1 Å². The van der Waals surface area contributed by atoms with Crippen molar-refractivity contribution in [2.24, 2.45) is 15.6 Å². The molecule has 0 saturated carbocycles. The van der Waals surface area contributed by atoms with Gasteiger partial charge in [-0.2, -0.15) is 10.2 Å². The second kappa shape index (κ2) is 4.41. The summed E-state index contributed by atoms with van der Waals surface area (Å²) in [6.45, 7) is 9.11. The summed E-state index contributed by atoms with van der Waals surface area (Å²) >= 11 is 0. The molecule has 0 amide bonds. The maximum absolute atomic E-state index is 4.08. The highest BCUT2D eigenvalue weighted by Gasteiger charge is 2.36. The van der Waals surface area contributed by atoms with Gasteiger partial charge in [0.1, 0.15) is 0 Å². The molecule has 0 bridgehead atoms. The Balaban J connectivity index is 2.28. The van der Waals surface area contributed by atoms with Crippen molar-refractivity contribution in [1.82, 2.24) is 0 Å². The van der Waals surface area contributed by atoms with Gasteiger partial charge in [-0.25, -0.2) is 0 Å². The minimum absolute atomic E-state index is 0.00262. The lowest BCUT2D eigenvalue weighted by molar-refractivity contribution is 0.236. The van der Waals surface area contributed by atoms with E-state index < -0.39 is 0 Å². The zero-order valence-corrected chi connectivity index (χ0v) is 10.1. The van der Waals surface area contributed by atoms with E-state index in [1.54, 1.807) is 0 Å². The molecule has 1 heterocycles. The van der Waals surface area contributed by atoms with Gasteiger partial charge in [0.15, 0.2) is 5.66 Å². The van der Waals surface area contributed by atoms with E-state index in [1.807, 2.05) is 0 Å². The largest absolute Gasteiger partial charge is 0.188 e. The molecule has 0 saturated heterocycles. The second-order valence-electron chi connectivity index (χ2n) is 5.18. The summed E-state index contributed by atoms with van der Waals surface area (Å²) in [5.74, 6) is 0. The van der Waals surface area contributed by atoms with Crippen LogP contribution in [0, 0.1) is 5.41 Å². The molecular formula is C12H24N2. The molecule has 0 aliphatic carbocycles. The first-order chi connectivity index (χ1) is 6.54. The normalized spacial score (nSPS) is 22.0. The Morgan fingerprint density at radius 1 is 1.14 bits per heavy atom. The molecule has 0 fully saturated rings. The van der Waals surface area contributed by atoms with Crippen LogP contribution < -0.4 is 0 Å². The van der Waals surface area contributed by atoms with Crippen LogP contribution in [0.3, 0.4) is 0 Å². The fourth-order valence-corrected chi connectivity index (χ4v) is 1.81. The van der Waals surface area contributed by atoms with Gasteiger partial charge in [-0.1, -0.05) is 40.0 Å². The number of rotatable bonds is 7. The van der Waals surface area contributed by atoms with Gasteiger partial charge in [-0.15, -0.1) is 0 Å². The van der Waals surface area contributed by atoms with Gasteiger partial charge < -0.3 is 0 Å². The number of unbranched alkanes of at least 4 members (excludes halogenated alkanes) is 1. The second-order valence-corrected chi connectivity index (χ2v) is 5.18. The van der Waals surface area contributed by atoms with Crippen molar-refractivity contribution in [2.75, 3.05) is 0 Å². The molecule has 82 valence electrons. The third kappa shape index (κ3) is 3.39. The molecule has 1 atom stereocenters. The van der Waals surface area contributed by atoms with Crippen molar-refractivity contribution in [3.05, 3.63) is 0 Å². The van der Waals surface area contributed by atoms with Crippen molar-refractivity contribution in [3.63, 3.8) is 0 Å². The van der Waals surface area contributed by atoms with Crippen molar-refractivity contribution in [1.29, 1.82) is 0 Å². The number of hydrogen-bond acceptors (Lipinski definition) is 2. The van der Waals surface area contributed by atoms with E-state index in [0.29, 0.717) is 5.41 Å². The van der Waals surface area contributed by atoms with Gasteiger partial charge >= 0.3 is 0 Å². The molecule has 2 heteroatoms. The van der Waals surface area contributed by atoms with Crippen LogP contribution in [-0.2, 0) is 0 Å². The van der Waals surface area contributed by atoms with Crippen LogP contribution in [0.2, 0.25) is 0 Å². The van der Waals surface area contributed by atoms with Crippen LogP contribution in [0.1, 0.15) is 66.2 Å². The zero-order valence-electron chi connectivity index (χ0n) is 10.1. The Morgan fingerprint density at radius 2 is 1.79 bits per heavy atom. The molecule has 0 radical (unpaired) electrons. The SMILES string of the molecule is CCCCC(C)(CC)CCC1(C)N=N1. The standard InChI is InChI=1S/C12H24N2/c1-5-7-8-11(3,6-2)9-10-12(4)13-14-12/h5-10H2,1-4H3. The maximum atomic E-state index is 4.08. The summed E-state index contributed by atoms with van der Waals surface area (Å²) in [5, 5.41) is 8.15. The molecule has 0 N–H and O–H groups in total. The average Bonchev–Trinajstić information content (AvgIpc) is 2.91. The highest BCUT2D eigenvalue weighted by Crippen LogP contribution is 2.40. The molecule has 1 aliphatic heterocycles. The minimum Gasteiger partial charge on any atom is -0.159 e. The van der Waals surface area contributed by atoms with Gasteiger partial charge in [0.2, 0.25) is 0 Å². The third-order valence-corrected chi connectivity index (χ3v) is 3.63. The summed E-state index contributed by atoms with van der Waals surface area (Å²) in [5.41, 5.74) is 0.523. The van der Waals surface area contributed by atoms with Crippen molar-refractivity contribution < 1.29 is 0 Å². The Bertz CT molecular complexity index is 204. The highest BCUT2D eigenvalue weighted by atomic mass is 15.4. The molecule has 1 unspecified atom stereocenters. The lowest BCUT2D eigenvalue weighted by Crippen LogP contribution is -2.18. The van der Waals surface area contributed by atoms with E-state index in [4.69, 9.17) is 0 Å². The molecule has 0 aromatic rings. The number of hydrogen-bond donors (Lipinski definition) is 0. The molecule has 1 rings (SSSR count). The van der Waals surface area contributed by atoms with E-state index in [2.05, 4.69) is 37.9 Å². The molecule has 0 aromatic carbocycles. The lowest BCUT2D eigenvalue weighted by atomic mass is 9.77. The van der Waals surface area contributed by atoms with E-state index in [-0.39, 0.29) is 5.66 Å². The van der Waals surface area contributed by atoms with Crippen molar-refractivity contribution in [2.45, 2.75) is 71.9 Å². The summed E-state index contributed by atoms with van der Waals surface area (Å²) < 4.78 is 0. The predicted molar refractivity (Wildman–Crippen MR) is 60.4 cm³/mol. The van der Waals surface area contributed by atoms with Gasteiger partial charge in [-0.3, -0.25) is 0 Å². The maximum Gasteiger partial charge on any atom is 0.188 e. The van der Waals surface area contributed by atoms with E-state index in [0.717, 1.165) is 6.42 Å². The van der Waals surface area contributed by atoms with Crippen LogP contribution in [-0.4, -0.2) is 5.66 Å². The van der Waals surface area contributed by atoms with Crippen molar-refractivity contribution in [3.8, 4) is 0 Å². The van der Waals surface area contributed by atoms with Crippen LogP contribution >= 0.6 is 0 Å². The molecule has 0 spiro atoms.